The zero-order valence-electron chi connectivity index (χ0n) is 15.4. The molecule has 0 unspecified atom stereocenters. The van der Waals surface area contributed by atoms with Crippen molar-refractivity contribution >= 4 is 24.2 Å². The highest BCUT2D eigenvalue weighted by Crippen LogP contribution is 2.63. The molecule has 0 spiro atoms. The molecule has 0 aliphatic heterocycles. The molecule has 1 aromatic rings. The van der Waals surface area contributed by atoms with E-state index in [1.165, 1.54) is 63.2 Å². The van der Waals surface area contributed by atoms with Gasteiger partial charge in [-0.05, 0) is 24.8 Å². The fourth-order valence-corrected chi connectivity index (χ4v) is 8.12. The zero-order valence-corrected chi connectivity index (χ0v) is 19.6. The van der Waals surface area contributed by atoms with E-state index in [4.69, 9.17) is 0 Å². The van der Waals surface area contributed by atoms with Crippen molar-refractivity contribution in [1.29, 1.82) is 0 Å². The van der Waals surface area contributed by atoms with Gasteiger partial charge in [0.25, 0.3) is 0 Å². The Morgan fingerprint density at radius 3 is 1.48 bits per heavy atom. The van der Waals surface area contributed by atoms with Crippen LogP contribution in [0.25, 0.3) is 0 Å². The van der Waals surface area contributed by atoms with Crippen LogP contribution in [0.2, 0.25) is 0 Å². The number of hydrogen-bond donors (Lipinski definition) is 1. The molecule has 0 saturated carbocycles. The summed E-state index contributed by atoms with van der Waals surface area (Å²) in [7, 11) is -0.768. The van der Waals surface area contributed by atoms with Crippen molar-refractivity contribution in [1.82, 2.24) is 6.15 Å². The van der Waals surface area contributed by atoms with E-state index >= 15 is 0 Å². The summed E-state index contributed by atoms with van der Waals surface area (Å²) in [5.41, 5.74) is 1.59. The Morgan fingerprint density at radius 1 is 0.739 bits per heavy atom. The van der Waals surface area contributed by atoms with Gasteiger partial charge in [-0.15, -0.1) is 17.0 Å². The summed E-state index contributed by atoms with van der Waals surface area (Å²) in [5, 5.41) is 0. The van der Waals surface area contributed by atoms with Crippen molar-refractivity contribution in [2.24, 2.45) is 0 Å². The molecule has 0 bridgehead atoms. The third-order valence-corrected chi connectivity index (χ3v) is 9.15. The van der Waals surface area contributed by atoms with Crippen LogP contribution in [-0.4, -0.2) is 18.5 Å². The monoisotopic (exact) mass is 469 g/mol. The first kappa shape index (κ1) is 28.4. The first-order valence-electron chi connectivity index (χ1n) is 8.65. The van der Waals surface area contributed by atoms with E-state index in [2.05, 4.69) is 51.1 Å². The van der Waals surface area contributed by atoms with Gasteiger partial charge in [0.15, 0.2) is 0 Å². The predicted molar refractivity (Wildman–Crippen MR) is 112 cm³/mol. The van der Waals surface area contributed by atoms with Gasteiger partial charge in [-0.2, -0.15) is 0 Å². The van der Waals surface area contributed by atoms with Crippen molar-refractivity contribution in [3.63, 3.8) is 0 Å². The van der Waals surface area contributed by atoms with Crippen LogP contribution in [0.3, 0.4) is 0 Å². The van der Waals surface area contributed by atoms with Gasteiger partial charge in [-0.25, -0.2) is 0 Å². The van der Waals surface area contributed by atoms with Gasteiger partial charge in [0.2, 0.25) is 0 Å². The Hall–Kier alpha value is 0.570. The molecule has 138 valence electrons. The molecule has 0 amide bonds. The summed E-state index contributed by atoms with van der Waals surface area (Å²) in [6.45, 7) is 7.03. The fourth-order valence-electron chi connectivity index (χ4n) is 3.02. The minimum atomic E-state index is -0.768. The lowest BCUT2D eigenvalue weighted by atomic mass is 10.2. The minimum absolute atomic E-state index is 0. The molecule has 0 saturated heterocycles. The fraction of sp³-hybridized carbons (Fsp3) is 0.684. The number of benzene rings is 1. The summed E-state index contributed by atoms with van der Waals surface area (Å²) in [6, 6.07) is 11.3. The second kappa shape index (κ2) is 17.4. The van der Waals surface area contributed by atoms with E-state index in [0.29, 0.717) is 0 Å². The molecule has 0 heterocycles. The van der Waals surface area contributed by atoms with Gasteiger partial charge in [0.05, 0.1) is 24.6 Å². The molecule has 1 rings (SSSR count). The minimum Gasteiger partial charge on any atom is -1.00 e. The SMILES string of the molecule is Br.CCCC[P+](CCCC)(CCCC)Cc1ccccc1.N.[Br-]. The van der Waals surface area contributed by atoms with Gasteiger partial charge < -0.3 is 23.1 Å². The maximum Gasteiger partial charge on any atom is 0.0842 e. The smallest absolute Gasteiger partial charge is 0.0842 e. The Kier molecular flexibility index (Phi) is 21.5. The lowest BCUT2D eigenvalue weighted by Gasteiger charge is -2.28. The van der Waals surface area contributed by atoms with Crippen LogP contribution in [0.15, 0.2) is 30.3 Å². The van der Waals surface area contributed by atoms with Crippen molar-refractivity contribution < 1.29 is 17.0 Å². The molecule has 0 aliphatic carbocycles. The van der Waals surface area contributed by atoms with Crippen LogP contribution in [-0.2, 0) is 6.16 Å². The number of hydrogen-bond acceptors (Lipinski definition) is 1. The van der Waals surface area contributed by atoms with Crippen molar-refractivity contribution in [3.8, 4) is 0 Å². The highest BCUT2D eigenvalue weighted by Gasteiger charge is 2.35. The van der Waals surface area contributed by atoms with E-state index in [1.54, 1.807) is 5.56 Å². The van der Waals surface area contributed by atoms with Gasteiger partial charge in [-0.1, -0.05) is 70.4 Å². The average Bonchev–Trinajstić information content (AvgIpc) is 2.49. The molecule has 0 fully saturated rings. The zero-order chi connectivity index (χ0) is 14.7. The Balaban J connectivity index is -0.00000133. The quantitative estimate of drug-likeness (QED) is 0.479. The number of halogens is 2. The molecule has 1 aromatic carbocycles. The molecule has 23 heavy (non-hydrogen) atoms. The summed E-state index contributed by atoms with van der Waals surface area (Å²) in [5.74, 6) is 0. The van der Waals surface area contributed by atoms with E-state index in [1.807, 2.05) is 0 Å². The summed E-state index contributed by atoms with van der Waals surface area (Å²) >= 11 is 0. The highest BCUT2D eigenvalue weighted by molar-refractivity contribution is 8.93. The summed E-state index contributed by atoms with van der Waals surface area (Å²) in [6.07, 6.45) is 14.4. The average molecular weight is 471 g/mol. The maximum absolute atomic E-state index is 2.35. The van der Waals surface area contributed by atoms with Crippen LogP contribution >= 0.6 is 24.2 Å². The molecular formula is C19H38Br2NP. The van der Waals surface area contributed by atoms with Gasteiger partial charge >= 0.3 is 0 Å². The molecular weight excluding hydrogens is 433 g/mol. The lowest BCUT2D eigenvalue weighted by Crippen LogP contribution is -3.00. The topological polar surface area (TPSA) is 35.0 Å². The lowest BCUT2D eigenvalue weighted by molar-refractivity contribution is -0.00000509. The summed E-state index contributed by atoms with van der Waals surface area (Å²) < 4.78 is 0. The molecule has 0 atom stereocenters. The third-order valence-electron chi connectivity index (χ3n) is 4.32. The predicted octanol–water partition coefficient (Wildman–Crippen LogP) is 4.35. The maximum atomic E-state index is 2.35. The molecule has 4 heteroatoms. The van der Waals surface area contributed by atoms with E-state index in [-0.39, 0.29) is 40.1 Å². The summed E-state index contributed by atoms with van der Waals surface area (Å²) in [4.78, 5) is 0. The van der Waals surface area contributed by atoms with Crippen LogP contribution in [0.5, 0.6) is 0 Å². The van der Waals surface area contributed by atoms with Crippen LogP contribution in [0, 0.1) is 0 Å². The number of rotatable bonds is 11. The van der Waals surface area contributed by atoms with E-state index in [9.17, 15) is 0 Å². The molecule has 0 aromatic heterocycles. The van der Waals surface area contributed by atoms with Crippen molar-refractivity contribution in [2.75, 3.05) is 18.5 Å². The Labute approximate surface area is 166 Å². The first-order valence-corrected chi connectivity index (χ1v) is 11.2. The van der Waals surface area contributed by atoms with E-state index < -0.39 is 7.26 Å². The van der Waals surface area contributed by atoms with Gasteiger partial charge in [0.1, 0.15) is 0 Å². The molecule has 0 radical (unpaired) electrons. The second-order valence-electron chi connectivity index (χ2n) is 6.22. The van der Waals surface area contributed by atoms with Crippen LogP contribution in [0.1, 0.15) is 64.9 Å². The normalized spacial score (nSPS) is 10.2. The van der Waals surface area contributed by atoms with Crippen molar-refractivity contribution in [3.05, 3.63) is 35.9 Å². The molecule has 1 nitrogen and oxygen atoms in total. The van der Waals surface area contributed by atoms with Crippen LogP contribution < -0.4 is 23.1 Å². The van der Waals surface area contributed by atoms with E-state index in [0.717, 1.165) is 0 Å². The van der Waals surface area contributed by atoms with Gasteiger partial charge in [-0.3, -0.25) is 0 Å². The highest BCUT2D eigenvalue weighted by atomic mass is 79.9. The van der Waals surface area contributed by atoms with Gasteiger partial charge in [0, 0.05) is 7.26 Å². The third kappa shape index (κ3) is 11.7. The molecule has 3 N–H and O–H groups in total. The second-order valence-corrected chi connectivity index (χ2v) is 10.6. The Morgan fingerprint density at radius 2 is 1.13 bits per heavy atom. The van der Waals surface area contributed by atoms with Crippen LogP contribution in [0.4, 0.5) is 0 Å². The largest absolute Gasteiger partial charge is 1.00 e. The molecule has 0 aliphatic rings. The standard InChI is InChI=1S/C19H34P.2BrH.H3N/c1-4-7-15-20(16-8-5-2,17-9-6-3)18-19-13-11-10-12-14-19;;;/h10-14H,4-9,15-18H2,1-3H3;2*1H;1H3/q+1;;;/p-1. The first-order chi connectivity index (χ1) is 9.76. The Bertz CT molecular complexity index is 325. The number of unbranched alkanes of at least 4 members (excludes halogenated alkanes) is 3. The van der Waals surface area contributed by atoms with Crippen molar-refractivity contribution in [2.45, 2.75) is 65.5 Å².